The van der Waals surface area contributed by atoms with Crippen LogP contribution in [-0.4, -0.2) is 6.54 Å². The first-order chi connectivity index (χ1) is 8.93. The monoisotopic (exact) mass is 259 g/mol. The molecule has 0 saturated carbocycles. The average Bonchev–Trinajstić information content (AvgIpc) is 2.72. The number of furan rings is 1. The third kappa shape index (κ3) is 3.01. The Hall–Kier alpha value is -1.28. The molecule has 0 fully saturated rings. The molecule has 0 spiro atoms. The Morgan fingerprint density at radius 2 is 1.95 bits per heavy atom. The molecule has 1 aromatic carbocycles. The lowest BCUT2D eigenvalue weighted by Crippen LogP contribution is -2.13. The van der Waals surface area contributed by atoms with Gasteiger partial charge in [-0.15, -0.1) is 0 Å². The lowest BCUT2D eigenvalue weighted by molar-refractivity contribution is 0.500. The zero-order valence-electron chi connectivity index (χ0n) is 12.8. The summed E-state index contributed by atoms with van der Waals surface area (Å²) in [6.07, 6.45) is 1.15. The third-order valence-corrected chi connectivity index (χ3v) is 3.49. The van der Waals surface area contributed by atoms with E-state index in [0.29, 0.717) is 0 Å². The second kappa shape index (κ2) is 5.38. The third-order valence-electron chi connectivity index (χ3n) is 3.49. The maximum Gasteiger partial charge on any atom is 0.138 e. The summed E-state index contributed by atoms with van der Waals surface area (Å²) in [6, 6.07) is 6.58. The van der Waals surface area contributed by atoms with Crippen LogP contribution in [0.15, 0.2) is 22.6 Å². The van der Waals surface area contributed by atoms with Gasteiger partial charge >= 0.3 is 0 Å². The molecule has 19 heavy (non-hydrogen) atoms. The molecule has 2 aromatic rings. The van der Waals surface area contributed by atoms with Crippen molar-refractivity contribution in [2.24, 2.45) is 0 Å². The van der Waals surface area contributed by atoms with E-state index in [-0.39, 0.29) is 5.41 Å². The Morgan fingerprint density at radius 3 is 2.58 bits per heavy atom. The molecule has 2 nitrogen and oxygen atoms in total. The van der Waals surface area contributed by atoms with E-state index in [4.69, 9.17) is 4.42 Å². The van der Waals surface area contributed by atoms with Crippen LogP contribution in [0.4, 0.5) is 0 Å². The molecule has 104 valence electrons. The molecular weight excluding hydrogens is 234 g/mol. The molecule has 1 N–H and O–H groups in total. The van der Waals surface area contributed by atoms with Crippen molar-refractivity contribution in [2.75, 3.05) is 6.54 Å². The molecular formula is C17H25NO. The molecule has 0 bridgehead atoms. The Morgan fingerprint density at radius 1 is 1.21 bits per heavy atom. The van der Waals surface area contributed by atoms with Gasteiger partial charge in [0.05, 0.1) is 6.54 Å². The lowest BCUT2D eigenvalue weighted by atomic mass is 9.85. The standard InChI is InChI=1S/C17H25NO/c1-6-9-18-11-13-10-14-12(2)7-8-15(16(14)19-13)17(3,4)5/h7-8,10,18H,6,9,11H2,1-5H3. The normalized spacial score (nSPS) is 12.3. The number of nitrogens with one attached hydrogen (secondary N) is 1. The molecule has 1 aromatic heterocycles. The van der Waals surface area contributed by atoms with Crippen LogP contribution in [0.25, 0.3) is 11.0 Å². The van der Waals surface area contributed by atoms with Gasteiger partial charge < -0.3 is 9.73 Å². The highest BCUT2D eigenvalue weighted by Gasteiger charge is 2.20. The molecule has 0 atom stereocenters. The van der Waals surface area contributed by atoms with E-state index >= 15 is 0 Å². The lowest BCUT2D eigenvalue weighted by Gasteiger charge is -2.19. The summed E-state index contributed by atoms with van der Waals surface area (Å²) in [7, 11) is 0. The van der Waals surface area contributed by atoms with Crippen molar-refractivity contribution in [3.63, 3.8) is 0 Å². The first-order valence-electron chi connectivity index (χ1n) is 7.16. The van der Waals surface area contributed by atoms with E-state index in [2.05, 4.69) is 58.1 Å². The van der Waals surface area contributed by atoms with Crippen LogP contribution in [0.2, 0.25) is 0 Å². The topological polar surface area (TPSA) is 25.2 Å². The van der Waals surface area contributed by atoms with Gasteiger partial charge in [0.1, 0.15) is 11.3 Å². The smallest absolute Gasteiger partial charge is 0.138 e. The van der Waals surface area contributed by atoms with Gasteiger partial charge in [-0.3, -0.25) is 0 Å². The average molecular weight is 259 g/mol. The fraction of sp³-hybridized carbons (Fsp3) is 0.529. The van der Waals surface area contributed by atoms with Gasteiger partial charge in [-0.1, -0.05) is 39.8 Å². The fourth-order valence-corrected chi connectivity index (χ4v) is 2.37. The van der Waals surface area contributed by atoms with Crippen LogP contribution in [0.3, 0.4) is 0 Å². The molecule has 0 unspecified atom stereocenters. The summed E-state index contributed by atoms with van der Waals surface area (Å²) >= 11 is 0. The molecule has 2 rings (SSSR count). The predicted molar refractivity (Wildman–Crippen MR) is 81.6 cm³/mol. The second-order valence-electron chi connectivity index (χ2n) is 6.31. The zero-order chi connectivity index (χ0) is 14.0. The molecule has 0 saturated heterocycles. The number of hydrogen-bond donors (Lipinski definition) is 1. The highest BCUT2D eigenvalue weighted by molar-refractivity contribution is 5.85. The van der Waals surface area contributed by atoms with Gasteiger partial charge in [-0.25, -0.2) is 0 Å². The van der Waals surface area contributed by atoms with Gasteiger partial charge in [-0.2, -0.15) is 0 Å². The molecule has 0 amide bonds. The molecule has 0 aliphatic rings. The summed E-state index contributed by atoms with van der Waals surface area (Å²) < 4.78 is 6.09. The molecule has 0 aliphatic carbocycles. The number of fused-ring (bicyclic) bond motifs is 1. The molecule has 0 radical (unpaired) electrons. The fourth-order valence-electron chi connectivity index (χ4n) is 2.37. The van der Waals surface area contributed by atoms with Crippen molar-refractivity contribution in [1.82, 2.24) is 5.32 Å². The van der Waals surface area contributed by atoms with Crippen LogP contribution in [0.5, 0.6) is 0 Å². The van der Waals surface area contributed by atoms with Crippen molar-refractivity contribution in [2.45, 2.75) is 53.0 Å². The molecule has 1 heterocycles. The Kier molecular flexibility index (Phi) is 4.00. The van der Waals surface area contributed by atoms with Crippen molar-refractivity contribution >= 4 is 11.0 Å². The number of benzene rings is 1. The first kappa shape index (κ1) is 14.1. The van der Waals surface area contributed by atoms with Crippen molar-refractivity contribution in [3.05, 3.63) is 35.1 Å². The van der Waals surface area contributed by atoms with Gasteiger partial charge in [0.25, 0.3) is 0 Å². The van der Waals surface area contributed by atoms with Crippen LogP contribution in [0, 0.1) is 6.92 Å². The van der Waals surface area contributed by atoms with Crippen molar-refractivity contribution in [3.8, 4) is 0 Å². The largest absolute Gasteiger partial charge is 0.459 e. The van der Waals surface area contributed by atoms with Gasteiger partial charge in [-0.05, 0) is 36.9 Å². The second-order valence-corrected chi connectivity index (χ2v) is 6.31. The van der Waals surface area contributed by atoms with Gasteiger partial charge in [0, 0.05) is 10.9 Å². The zero-order valence-corrected chi connectivity index (χ0v) is 12.8. The van der Waals surface area contributed by atoms with Crippen molar-refractivity contribution < 1.29 is 4.42 Å². The minimum Gasteiger partial charge on any atom is -0.459 e. The van der Waals surface area contributed by atoms with Gasteiger partial charge in [0.2, 0.25) is 0 Å². The van der Waals surface area contributed by atoms with E-state index in [9.17, 15) is 0 Å². The SMILES string of the molecule is CCCNCc1cc2c(C)ccc(C(C)(C)C)c2o1. The number of hydrogen-bond acceptors (Lipinski definition) is 2. The highest BCUT2D eigenvalue weighted by atomic mass is 16.3. The maximum atomic E-state index is 6.09. The molecule has 2 heteroatoms. The van der Waals surface area contributed by atoms with E-state index in [1.807, 2.05) is 0 Å². The van der Waals surface area contributed by atoms with Gasteiger partial charge in [0.15, 0.2) is 0 Å². The van der Waals surface area contributed by atoms with Crippen LogP contribution < -0.4 is 5.32 Å². The minimum atomic E-state index is 0.109. The number of rotatable bonds is 4. The van der Waals surface area contributed by atoms with E-state index in [1.165, 1.54) is 16.5 Å². The van der Waals surface area contributed by atoms with E-state index in [1.54, 1.807) is 0 Å². The quantitative estimate of drug-likeness (QED) is 0.816. The predicted octanol–water partition coefficient (Wildman–Crippen LogP) is 4.54. The Bertz CT molecular complexity index is 560. The summed E-state index contributed by atoms with van der Waals surface area (Å²) in [5.74, 6) is 1.03. The summed E-state index contributed by atoms with van der Waals surface area (Å²) in [4.78, 5) is 0. The van der Waals surface area contributed by atoms with Crippen molar-refractivity contribution in [1.29, 1.82) is 0 Å². The van der Waals surface area contributed by atoms with E-state index in [0.717, 1.165) is 30.9 Å². The summed E-state index contributed by atoms with van der Waals surface area (Å²) in [5.41, 5.74) is 3.74. The maximum absolute atomic E-state index is 6.09. The van der Waals surface area contributed by atoms with E-state index < -0.39 is 0 Å². The number of aryl methyl sites for hydroxylation is 1. The Balaban J connectivity index is 2.42. The Labute approximate surface area is 116 Å². The summed E-state index contributed by atoms with van der Waals surface area (Å²) in [6.45, 7) is 12.9. The first-order valence-corrected chi connectivity index (χ1v) is 7.16. The van der Waals surface area contributed by atoms with Crippen LogP contribution in [-0.2, 0) is 12.0 Å². The van der Waals surface area contributed by atoms with Crippen LogP contribution in [0.1, 0.15) is 51.0 Å². The highest BCUT2D eigenvalue weighted by Crippen LogP contribution is 2.33. The molecule has 0 aliphatic heterocycles. The summed E-state index contributed by atoms with van der Waals surface area (Å²) in [5, 5.41) is 4.65. The van der Waals surface area contributed by atoms with Crippen LogP contribution >= 0.6 is 0 Å². The minimum absolute atomic E-state index is 0.109.